The van der Waals surface area contributed by atoms with E-state index in [1.54, 1.807) is 0 Å². The highest BCUT2D eigenvalue weighted by Crippen LogP contribution is 2.36. The number of hydrogen-bond donors (Lipinski definition) is 2. The van der Waals surface area contributed by atoms with Crippen LogP contribution >= 0.6 is 23.2 Å². The summed E-state index contributed by atoms with van der Waals surface area (Å²) in [5, 5.41) is 2.25. The topological polar surface area (TPSA) is 84.5 Å². The van der Waals surface area contributed by atoms with E-state index in [-0.39, 0.29) is 16.3 Å². The minimum Gasteiger partial charge on any atom is -0.484 e. The van der Waals surface area contributed by atoms with Gasteiger partial charge in [-0.1, -0.05) is 23.2 Å². The lowest BCUT2D eigenvalue weighted by molar-refractivity contribution is -0.137. The Morgan fingerprint density at radius 2 is 1.52 bits per heavy atom. The largest absolute Gasteiger partial charge is 0.484 e. The molecule has 0 spiro atoms. The fourth-order valence-electron chi connectivity index (χ4n) is 2.61. The van der Waals surface area contributed by atoms with Crippen LogP contribution in [0.3, 0.4) is 0 Å². The Bertz CT molecular complexity index is 1250. The molecule has 2 N–H and O–H groups in total. The summed E-state index contributed by atoms with van der Waals surface area (Å²) in [5.74, 6) is -0.533. The Morgan fingerprint density at radius 3 is 2.12 bits per heavy atom. The second-order valence-corrected chi connectivity index (χ2v) is 9.14. The average molecular weight is 519 g/mol. The maximum atomic E-state index is 12.9. The van der Waals surface area contributed by atoms with E-state index >= 15 is 0 Å². The van der Waals surface area contributed by atoms with Gasteiger partial charge in [0.1, 0.15) is 5.75 Å². The molecule has 0 atom stereocenters. The van der Waals surface area contributed by atoms with Crippen LogP contribution in [0.15, 0.2) is 71.6 Å². The molecule has 12 heteroatoms. The molecular formula is C21H15Cl2F3N2O4S. The first-order chi connectivity index (χ1) is 15.4. The number of sulfonamides is 1. The number of rotatable bonds is 7. The van der Waals surface area contributed by atoms with Crippen LogP contribution in [0.1, 0.15) is 5.56 Å². The smallest absolute Gasteiger partial charge is 0.417 e. The van der Waals surface area contributed by atoms with Gasteiger partial charge in [-0.3, -0.25) is 9.52 Å². The van der Waals surface area contributed by atoms with Gasteiger partial charge in [-0.25, -0.2) is 8.42 Å². The summed E-state index contributed by atoms with van der Waals surface area (Å²) in [4.78, 5) is 12.0. The standard InChI is InChI=1S/C21H15Cl2F3N2O4S/c22-13-1-3-14(4-2-13)28-33(30,31)17-8-6-16(7-9-17)32-12-20(29)27-15-5-10-19(23)18(11-15)21(24,25)26/h1-11,28H,12H2,(H,27,29). The molecule has 6 nitrogen and oxygen atoms in total. The first-order valence-corrected chi connectivity index (χ1v) is 11.4. The Morgan fingerprint density at radius 1 is 0.909 bits per heavy atom. The fourth-order valence-corrected chi connectivity index (χ4v) is 4.02. The Labute approximate surface area is 197 Å². The molecule has 0 aliphatic rings. The number of nitrogens with one attached hydrogen (secondary N) is 2. The number of carbonyl (C=O) groups excluding carboxylic acids is 1. The molecule has 33 heavy (non-hydrogen) atoms. The molecular weight excluding hydrogens is 504 g/mol. The van der Waals surface area contributed by atoms with Gasteiger partial charge in [-0.2, -0.15) is 13.2 Å². The van der Waals surface area contributed by atoms with Crippen molar-refractivity contribution in [3.8, 4) is 5.75 Å². The number of ether oxygens (including phenoxy) is 1. The van der Waals surface area contributed by atoms with E-state index in [2.05, 4.69) is 10.0 Å². The molecule has 3 aromatic rings. The highest BCUT2D eigenvalue weighted by molar-refractivity contribution is 7.92. The number of benzene rings is 3. The highest BCUT2D eigenvalue weighted by atomic mass is 35.5. The number of alkyl halides is 3. The zero-order valence-corrected chi connectivity index (χ0v) is 18.8. The SMILES string of the molecule is O=C(COc1ccc(S(=O)(=O)Nc2ccc(Cl)cc2)cc1)Nc1ccc(Cl)c(C(F)(F)F)c1. The molecule has 0 saturated heterocycles. The number of amides is 1. The van der Waals surface area contributed by atoms with E-state index in [0.29, 0.717) is 16.8 Å². The molecule has 0 saturated carbocycles. The van der Waals surface area contributed by atoms with Gasteiger partial charge in [0.05, 0.1) is 15.5 Å². The first-order valence-electron chi connectivity index (χ1n) is 9.12. The molecule has 0 fully saturated rings. The summed E-state index contributed by atoms with van der Waals surface area (Å²) in [6, 6.07) is 14.3. The molecule has 174 valence electrons. The quantitative estimate of drug-likeness (QED) is 0.412. The van der Waals surface area contributed by atoms with Crippen molar-refractivity contribution in [2.24, 2.45) is 0 Å². The lowest BCUT2D eigenvalue weighted by Crippen LogP contribution is -2.20. The molecule has 0 radical (unpaired) electrons. The third-order valence-electron chi connectivity index (χ3n) is 4.16. The Balaban J connectivity index is 1.59. The molecule has 0 bridgehead atoms. The molecule has 0 heterocycles. The van der Waals surface area contributed by atoms with Crippen LogP contribution in [-0.2, 0) is 21.0 Å². The Kier molecular flexibility index (Phi) is 7.41. The molecule has 0 unspecified atom stereocenters. The lowest BCUT2D eigenvalue weighted by Gasteiger charge is -2.12. The third kappa shape index (κ3) is 6.77. The van der Waals surface area contributed by atoms with Crippen molar-refractivity contribution in [3.63, 3.8) is 0 Å². The minimum absolute atomic E-state index is 0.0462. The number of hydrogen-bond acceptors (Lipinski definition) is 4. The van der Waals surface area contributed by atoms with Crippen molar-refractivity contribution in [1.82, 2.24) is 0 Å². The van der Waals surface area contributed by atoms with Gasteiger partial charge >= 0.3 is 6.18 Å². The van der Waals surface area contributed by atoms with Crippen molar-refractivity contribution in [1.29, 1.82) is 0 Å². The van der Waals surface area contributed by atoms with Crippen LogP contribution in [0, 0.1) is 0 Å². The van der Waals surface area contributed by atoms with Crippen LogP contribution in [0.5, 0.6) is 5.75 Å². The number of halogens is 5. The molecule has 3 aromatic carbocycles. The molecule has 1 amide bonds. The normalized spacial score (nSPS) is 11.7. The predicted octanol–water partition coefficient (Wildman–Crippen LogP) is 5.83. The molecule has 0 aromatic heterocycles. The lowest BCUT2D eigenvalue weighted by atomic mass is 10.2. The minimum atomic E-state index is -4.67. The van der Waals surface area contributed by atoms with Crippen molar-refractivity contribution < 1.29 is 31.1 Å². The van der Waals surface area contributed by atoms with E-state index < -0.39 is 39.3 Å². The van der Waals surface area contributed by atoms with Crippen molar-refractivity contribution in [2.75, 3.05) is 16.6 Å². The first kappa shape index (κ1) is 24.7. The van der Waals surface area contributed by atoms with Crippen molar-refractivity contribution in [2.45, 2.75) is 11.1 Å². The van der Waals surface area contributed by atoms with Crippen LogP contribution < -0.4 is 14.8 Å². The molecule has 0 aliphatic heterocycles. The van der Waals surface area contributed by atoms with Crippen molar-refractivity contribution >= 4 is 50.5 Å². The van der Waals surface area contributed by atoms with Gasteiger partial charge in [0.25, 0.3) is 15.9 Å². The maximum absolute atomic E-state index is 12.9. The second kappa shape index (κ2) is 9.90. The monoisotopic (exact) mass is 518 g/mol. The van der Waals surface area contributed by atoms with Gasteiger partial charge < -0.3 is 10.1 Å². The molecule has 3 rings (SSSR count). The predicted molar refractivity (Wildman–Crippen MR) is 119 cm³/mol. The second-order valence-electron chi connectivity index (χ2n) is 6.61. The van der Waals surface area contributed by atoms with Gasteiger partial charge in [0.2, 0.25) is 0 Å². The van der Waals surface area contributed by atoms with E-state index in [1.165, 1.54) is 54.6 Å². The van der Waals surface area contributed by atoms with E-state index in [1.807, 2.05) is 0 Å². The van der Waals surface area contributed by atoms with Crippen LogP contribution in [0.2, 0.25) is 10.0 Å². The van der Waals surface area contributed by atoms with Gasteiger partial charge in [-0.05, 0) is 66.7 Å². The van der Waals surface area contributed by atoms with Crippen LogP contribution in [0.4, 0.5) is 24.5 Å². The van der Waals surface area contributed by atoms with Crippen LogP contribution in [0.25, 0.3) is 0 Å². The summed E-state index contributed by atoms with van der Waals surface area (Å²) in [6.45, 7) is -0.515. The summed E-state index contributed by atoms with van der Waals surface area (Å²) >= 11 is 11.3. The Hall–Kier alpha value is -2.95. The van der Waals surface area contributed by atoms with Crippen molar-refractivity contribution in [3.05, 3.63) is 82.3 Å². The zero-order chi connectivity index (χ0) is 24.2. The third-order valence-corrected chi connectivity index (χ3v) is 6.13. The number of carbonyl (C=O) groups is 1. The maximum Gasteiger partial charge on any atom is 0.417 e. The fraction of sp³-hybridized carbons (Fsp3) is 0.0952. The zero-order valence-electron chi connectivity index (χ0n) is 16.5. The summed E-state index contributed by atoms with van der Waals surface area (Å²) in [5.41, 5.74) is -0.853. The van der Waals surface area contributed by atoms with Crippen LogP contribution in [-0.4, -0.2) is 20.9 Å². The molecule has 0 aliphatic carbocycles. The number of anilines is 2. The van der Waals surface area contributed by atoms with Gasteiger partial charge in [0.15, 0.2) is 6.61 Å². The van der Waals surface area contributed by atoms with Gasteiger partial charge in [0, 0.05) is 16.4 Å². The summed E-state index contributed by atoms with van der Waals surface area (Å²) < 4.78 is 71.3. The summed E-state index contributed by atoms with van der Waals surface area (Å²) in [7, 11) is -3.87. The average Bonchev–Trinajstić information content (AvgIpc) is 2.75. The highest BCUT2D eigenvalue weighted by Gasteiger charge is 2.33. The van der Waals surface area contributed by atoms with E-state index in [0.717, 1.165) is 6.07 Å². The summed E-state index contributed by atoms with van der Waals surface area (Å²) in [6.07, 6.45) is -4.67. The van der Waals surface area contributed by atoms with E-state index in [9.17, 15) is 26.4 Å². The van der Waals surface area contributed by atoms with Gasteiger partial charge in [-0.15, -0.1) is 0 Å². The van der Waals surface area contributed by atoms with E-state index in [4.69, 9.17) is 27.9 Å².